The van der Waals surface area contributed by atoms with Crippen molar-refractivity contribution in [2.75, 3.05) is 12.3 Å². The fourth-order valence-electron chi connectivity index (χ4n) is 1.55. The Morgan fingerprint density at radius 3 is 2.68 bits per heavy atom. The number of sulfonamides is 1. The molecule has 0 saturated carbocycles. The Labute approximate surface area is 111 Å². The predicted molar refractivity (Wildman–Crippen MR) is 69.8 cm³/mol. The second-order valence-electron chi connectivity index (χ2n) is 4.00. The Morgan fingerprint density at radius 2 is 2.00 bits per heavy atom. The summed E-state index contributed by atoms with van der Waals surface area (Å²) in [4.78, 5) is 7.81. The van der Waals surface area contributed by atoms with Crippen LogP contribution in [0.3, 0.4) is 0 Å². The molecule has 7 nitrogen and oxygen atoms in total. The number of hydrogen-bond acceptors (Lipinski definition) is 5. The molecule has 8 heteroatoms. The van der Waals surface area contributed by atoms with Crippen LogP contribution in [0.5, 0.6) is 0 Å². The molecule has 2 N–H and O–H groups in total. The lowest BCUT2D eigenvalue weighted by Crippen LogP contribution is -2.29. The summed E-state index contributed by atoms with van der Waals surface area (Å²) in [5, 5.41) is 6.37. The minimum atomic E-state index is -3.27. The van der Waals surface area contributed by atoms with E-state index in [9.17, 15) is 8.42 Å². The largest absolute Gasteiger partial charge is 0.265 e. The minimum Gasteiger partial charge on any atom is -0.265 e. The third kappa shape index (κ3) is 4.76. The molecule has 2 aromatic heterocycles. The van der Waals surface area contributed by atoms with Gasteiger partial charge in [-0.2, -0.15) is 5.10 Å². The molecule has 102 valence electrons. The van der Waals surface area contributed by atoms with Gasteiger partial charge in [0.25, 0.3) is 0 Å². The molecule has 2 heterocycles. The zero-order valence-corrected chi connectivity index (χ0v) is 11.1. The van der Waals surface area contributed by atoms with Crippen LogP contribution in [0.1, 0.15) is 11.4 Å². The van der Waals surface area contributed by atoms with Gasteiger partial charge >= 0.3 is 0 Å². The fraction of sp³-hybridized carbons (Fsp3) is 0.364. The summed E-state index contributed by atoms with van der Waals surface area (Å²) in [5.41, 5.74) is 0.954. The molecule has 2 rings (SSSR count). The van der Waals surface area contributed by atoms with Crippen LogP contribution in [-0.4, -0.2) is 40.9 Å². The van der Waals surface area contributed by atoms with Gasteiger partial charge in [-0.1, -0.05) is 0 Å². The van der Waals surface area contributed by atoms with E-state index in [0.29, 0.717) is 25.2 Å². The zero-order chi connectivity index (χ0) is 13.6. The van der Waals surface area contributed by atoms with Crippen LogP contribution in [0, 0.1) is 0 Å². The average Bonchev–Trinajstić information content (AvgIpc) is 2.91. The molecule has 0 aliphatic rings. The Balaban J connectivity index is 1.76. The maximum absolute atomic E-state index is 11.8. The van der Waals surface area contributed by atoms with Crippen LogP contribution in [0.4, 0.5) is 0 Å². The van der Waals surface area contributed by atoms with E-state index in [-0.39, 0.29) is 5.75 Å². The van der Waals surface area contributed by atoms with E-state index in [1.54, 1.807) is 12.4 Å². The highest BCUT2D eigenvalue weighted by Crippen LogP contribution is 2.00. The Morgan fingerprint density at radius 1 is 1.21 bits per heavy atom. The fourth-order valence-corrected chi connectivity index (χ4v) is 2.61. The molecule has 0 radical (unpaired) electrons. The summed E-state index contributed by atoms with van der Waals surface area (Å²) in [6, 6.07) is 3.62. The van der Waals surface area contributed by atoms with Crippen molar-refractivity contribution in [2.45, 2.75) is 12.8 Å². The second-order valence-corrected chi connectivity index (χ2v) is 5.93. The smallest absolute Gasteiger partial charge is 0.211 e. The number of nitrogens with one attached hydrogen (secondary N) is 2. The first-order valence-corrected chi connectivity index (χ1v) is 7.51. The number of rotatable bonds is 7. The SMILES string of the molecule is O=S(=O)(CCc1ccncc1)NCCc1ncn[nH]1. The first-order chi connectivity index (χ1) is 9.16. The quantitative estimate of drug-likeness (QED) is 0.738. The maximum Gasteiger partial charge on any atom is 0.211 e. The highest BCUT2D eigenvalue weighted by Gasteiger charge is 2.10. The summed E-state index contributed by atoms with van der Waals surface area (Å²) < 4.78 is 26.1. The van der Waals surface area contributed by atoms with Gasteiger partial charge < -0.3 is 0 Å². The molecule has 0 aliphatic carbocycles. The molecule has 0 aliphatic heterocycles. The summed E-state index contributed by atoms with van der Waals surface area (Å²) in [6.45, 7) is 0.313. The first kappa shape index (κ1) is 13.6. The standard InChI is InChI=1S/C11H15N5O2S/c17-19(18,8-4-10-1-5-12-6-2-10)15-7-3-11-13-9-14-16-11/h1-2,5-6,9,15H,3-4,7-8H2,(H,13,14,16). The van der Waals surface area contributed by atoms with Gasteiger partial charge in [-0.25, -0.2) is 18.1 Å². The van der Waals surface area contributed by atoms with Gasteiger partial charge in [0.1, 0.15) is 12.2 Å². The monoisotopic (exact) mass is 281 g/mol. The van der Waals surface area contributed by atoms with E-state index < -0.39 is 10.0 Å². The van der Waals surface area contributed by atoms with Gasteiger partial charge in [0.2, 0.25) is 10.0 Å². The summed E-state index contributed by atoms with van der Waals surface area (Å²) in [6.07, 6.45) is 5.67. The number of pyridine rings is 1. The molecule has 0 bridgehead atoms. The van der Waals surface area contributed by atoms with Crippen LogP contribution in [0.15, 0.2) is 30.9 Å². The van der Waals surface area contributed by atoms with E-state index in [0.717, 1.165) is 5.56 Å². The van der Waals surface area contributed by atoms with Crippen LogP contribution < -0.4 is 4.72 Å². The van der Waals surface area contributed by atoms with E-state index in [1.807, 2.05) is 12.1 Å². The lowest BCUT2D eigenvalue weighted by Gasteiger charge is -2.05. The van der Waals surface area contributed by atoms with E-state index in [4.69, 9.17) is 0 Å². The lowest BCUT2D eigenvalue weighted by molar-refractivity contribution is 0.580. The Bertz CT molecular complexity index is 583. The summed E-state index contributed by atoms with van der Waals surface area (Å²) in [5.74, 6) is 0.727. The third-order valence-electron chi connectivity index (χ3n) is 2.56. The van der Waals surface area contributed by atoms with Crippen molar-refractivity contribution in [1.29, 1.82) is 0 Å². The average molecular weight is 281 g/mol. The molecule has 0 atom stereocenters. The van der Waals surface area contributed by atoms with Gasteiger partial charge in [-0.15, -0.1) is 0 Å². The van der Waals surface area contributed by atoms with Crippen molar-refractivity contribution in [3.63, 3.8) is 0 Å². The molecule has 19 heavy (non-hydrogen) atoms. The molecule has 0 fully saturated rings. The number of H-pyrrole nitrogens is 1. The molecular formula is C11H15N5O2S. The van der Waals surface area contributed by atoms with E-state index in [2.05, 4.69) is 24.9 Å². The van der Waals surface area contributed by atoms with Crippen molar-refractivity contribution >= 4 is 10.0 Å². The van der Waals surface area contributed by atoms with Crippen molar-refractivity contribution < 1.29 is 8.42 Å². The first-order valence-electron chi connectivity index (χ1n) is 5.86. The highest BCUT2D eigenvalue weighted by atomic mass is 32.2. The predicted octanol–water partition coefficient (Wildman–Crippen LogP) is -0.0957. The van der Waals surface area contributed by atoms with Gasteiger partial charge in [0, 0.05) is 25.4 Å². The van der Waals surface area contributed by atoms with Gasteiger partial charge in [0.05, 0.1) is 5.75 Å². The normalized spacial score (nSPS) is 11.6. The topological polar surface area (TPSA) is 101 Å². The van der Waals surface area contributed by atoms with Crippen molar-refractivity contribution in [1.82, 2.24) is 24.9 Å². The van der Waals surface area contributed by atoms with Gasteiger partial charge in [-0.3, -0.25) is 10.1 Å². The van der Waals surface area contributed by atoms with E-state index >= 15 is 0 Å². The number of nitrogens with zero attached hydrogens (tertiary/aromatic N) is 3. The Kier molecular flexibility index (Phi) is 4.58. The molecular weight excluding hydrogens is 266 g/mol. The number of aromatic nitrogens is 4. The summed E-state index contributed by atoms with van der Waals surface area (Å²) >= 11 is 0. The third-order valence-corrected chi connectivity index (χ3v) is 3.94. The van der Waals surface area contributed by atoms with Crippen molar-refractivity contribution in [3.05, 3.63) is 42.2 Å². The van der Waals surface area contributed by atoms with Gasteiger partial charge in [-0.05, 0) is 24.1 Å². The number of hydrogen-bond donors (Lipinski definition) is 2. The molecule has 0 aromatic carbocycles. The molecule has 0 unspecified atom stereocenters. The molecule has 2 aromatic rings. The molecule has 0 amide bonds. The van der Waals surface area contributed by atoms with Crippen LogP contribution in [-0.2, 0) is 22.9 Å². The van der Waals surface area contributed by atoms with Crippen molar-refractivity contribution in [2.24, 2.45) is 0 Å². The van der Waals surface area contributed by atoms with Gasteiger partial charge in [0.15, 0.2) is 0 Å². The van der Waals surface area contributed by atoms with Crippen LogP contribution in [0.25, 0.3) is 0 Å². The highest BCUT2D eigenvalue weighted by molar-refractivity contribution is 7.89. The van der Waals surface area contributed by atoms with Crippen LogP contribution in [0.2, 0.25) is 0 Å². The number of aryl methyl sites for hydroxylation is 1. The second kappa shape index (κ2) is 6.39. The minimum absolute atomic E-state index is 0.0629. The van der Waals surface area contributed by atoms with Crippen LogP contribution >= 0.6 is 0 Å². The van der Waals surface area contributed by atoms with Crippen molar-refractivity contribution in [3.8, 4) is 0 Å². The van der Waals surface area contributed by atoms with E-state index in [1.165, 1.54) is 6.33 Å². The number of aromatic amines is 1. The molecule has 0 spiro atoms. The summed E-state index contributed by atoms with van der Waals surface area (Å²) in [7, 11) is -3.27. The Hall–Kier alpha value is -1.80. The maximum atomic E-state index is 11.8. The zero-order valence-electron chi connectivity index (χ0n) is 10.3. The molecule has 0 saturated heterocycles. The lowest BCUT2D eigenvalue weighted by atomic mass is 10.2.